The zero-order chi connectivity index (χ0) is 42.2. The summed E-state index contributed by atoms with van der Waals surface area (Å²) in [6, 6.07) is -7.62. The van der Waals surface area contributed by atoms with E-state index in [9.17, 15) is 38.7 Å². The van der Waals surface area contributed by atoms with E-state index in [0.29, 0.717) is 6.42 Å². The number of ether oxygens (including phenoxy) is 1. The normalized spacial score (nSPS) is 14.2. The van der Waals surface area contributed by atoms with Gasteiger partial charge in [-0.05, 0) is 56.8 Å². The number of nitrogens with two attached hydrogens (primary N) is 5. The minimum atomic E-state index is -1.60. The number of guanidine groups is 2. The van der Waals surface area contributed by atoms with E-state index in [1.54, 1.807) is 27.7 Å². The summed E-state index contributed by atoms with van der Waals surface area (Å²) < 4.78 is 4.83. The van der Waals surface area contributed by atoms with E-state index < -0.39 is 84.3 Å². The number of carboxylic acid groups (broad SMARTS) is 1. The molecule has 314 valence electrons. The van der Waals surface area contributed by atoms with Crippen molar-refractivity contribution in [3.8, 4) is 0 Å². The van der Waals surface area contributed by atoms with Crippen molar-refractivity contribution in [3.63, 3.8) is 0 Å². The Kier molecular flexibility index (Phi) is 24.0. The lowest BCUT2D eigenvalue weighted by Crippen LogP contribution is -2.60. The van der Waals surface area contributed by atoms with Gasteiger partial charge in [0.2, 0.25) is 29.5 Å². The van der Waals surface area contributed by atoms with E-state index in [0.717, 1.165) is 7.11 Å². The van der Waals surface area contributed by atoms with E-state index in [4.69, 9.17) is 38.5 Å². The number of aliphatic carboxylic acids is 1. The summed E-state index contributed by atoms with van der Waals surface area (Å²) >= 11 is 0. The summed E-state index contributed by atoms with van der Waals surface area (Å²) in [5.74, 6) is -6.58. The first-order valence-electron chi connectivity index (χ1n) is 18.0. The third kappa shape index (κ3) is 21.9. The number of aliphatic hydroxyl groups is 1. The fourth-order valence-electron chi connectivity index (χ4n) is 5.05. The third-order valence-corrected chi connectivity index (χ3v) is 7.83. The Hall–Kier alpha value is -5.25. The molecule has 0 saturated carbocycles. The van der Waals surface area contributed by atoms with Gasteiger partial charge < -0.3 is 70.2 Å². The number of carboxylic acids is 1. The summed E-state index contributed by atoms with van der Waals surface area (Å²) in [4.78, 5) is 97.7. The SMILES string of the molecule is COC(=O)C(CCCN=C(N)N)NC(=O)C(CC(C)C)NC(=O)C(CCCN=C(N)N)NC(=O)C(CO)NC(=O)C(CC(C)C)NC(=O)C(N)CCC(=O)O. The maximum absolute atomic E-state index is 13.7. The van der Waals surface area contributed by atoms with Crippen molar-refractivity contribution in [2.45, 2.75) is 115 Å². The second-order valence-electron chi connectivity index (χ2n) is 13.7. The first-order valence-corrected chi connectivity index (χ1v) is 18.0. The Bertz CT molecular complexity index is 1340. The average molecular weight is 787 g/mol. The molecule has 0 aromatic rings. The highest BCUT2D eigenvalue weighted by molar-refractivity contribution is 5.96. The van der Waals surface area contributed by atoms with Crippen molar-refractivity contribution in [1.82, 2.24) is 26.6 Å². The van der Waals surface area contributed by atoms with Crippen LogP contribution in [-0.4, -0.2) is 127 Å². The molecule has 0 heterocycles. The van der Waals surface area contributed by atoms with Gasteiger partial charge in [0.15, 0.2) is 11.9 Å². The van der Waals surface area contributed by atoms with Crippen molar-refractivity contribution >= 4 is 53.4 Å². The molecule has 0 bridgehead atoms. The lowest BCUT2D eigenvalue weighted by molar-refractivity contribution is -0.145. The van der Waals surface area contributed by atoms with Gasteiger partial charge in [0.25, 0.3) is 0 Å². The zero-order valence-corrected chi connectivity index (χ0v) is 32.3. The number of carbonyl (C=O) groups is 7. The molecule has 17 N–H and O–H groups in total. The number of hydrogen-bond donors (Lipinski definition) is 12. The minimum Gasteiger partial charge on any atom is -0.481 e. The van der Waals surface area contributed by atoms with Gasteiger partial charge in [-0.1, -0.05) is 27.7 Å². The Balaban J connectivity index is 6.16. The third-order valence-electron chi connectivity index (χ3n) is 7.83. The number of esters is 1. The van der Waals surface area contributed by atoms with Crippen LogP contribution in [-0.2, 0) is 38.3 Å². The van der Waals surface area contributed by atoms with Gasteiger partial charge in [-0.3, -0.25) is 38.8 Å². The van der Waals surface area contributed by atoms with Gasteiger partial charge in [-0.15, -0.1) is 0 Å². The smallest absolute Gasteiger partial charge is 0.328 e. The van der Waals surface area contributed by atoms with Gasteiger partial charge in [0.1, 0.15) is 30.2 Å². The molecule has 0 rings (SSSR count). The summed E-state index contributed by atoms with van der Waals surface area (Å²) in [6.45, 7) is 6.51. The van der Waals surface area contributed by atoms with Crippen LogP contribution in [0.15, 0.2) is 9.98 Å². The number of hydrogen-bond acceptors (Lipinski definition) is 12. The maximum Gasteiger partial charge on any atom is 0.328 e. The van der Waals surface area contributed by atoms with E-state index in [2.05, 4.69) is 36.6 Å². The monoisotopic (exact) mass is 786 g/mol. The summed E-state index contributed by atoms with van der Waals surface area (Å²) in [5, 5.41) is 31.6. The van der Waals surface area contributed by atoms with E-state index in [-0.39, 0.29) is 81.8 Å². The van der Waals surface area contributed by atoms with Crippen LogP contribution in [0.5, 0.6) is 0 Å². The van der Waals surface area contributed by atoms with Crippen molar-refractivity contribution in [2.24, 2.45) is 50.5 Å². The van der Waals surface area contributed by atoms with Crippen LogP contribution < -0.4 is 55.3 Å². The molecule has 6 atom stereocenters. The van der Waals surface area contributed by atoms with Crippen LogP contribution in [0.2, 0.25) is 0 Å². The Morgan fingerprint density at radius 2 is 0.982 bits per heavy atom. The molecular weight excluding hydrogens is 724 g/mol. The van der Waals surface area contributed by atoms with Gasteiger partial charge in [-0.25, -0.2) is 4.79 Å². The molecule has 0 saturated heterocycles. The summed E-state index contributed by atoms with van der Waals surface area (Å²) in [7, 11) is 1.16. The van der Waals surface area contributed by atoms with Crippen molar-refractivity contribution in [2.75, 3.05) is 26.8 Å². The van der Waals surface area contributed by atoms with Gasteiger partial charge in [-0.2, -0.15) is 0 Å². The lowest BCUT2D eigenvalue weighted by Gasteiger charge is -2.27. The number of nitrogens with zero attached hydrogens (tertiary/aromatic N) is 2. The summed E-state index contributed by atoms with van der Waals surface area (Å²) in [6.07, 6.45) is 0.243. The van der Waals surface area contributed by atoms with Crippen LogP contribution in [0, 0.1) is 11.8 Å². The standard InChI is InChI=1S/C33H62N12O10/c1-17(2)14-22(43-26(49)19(34)10-11-25(47)48)29(52)45-24(16-46)30(53)41-20(8-6-12-39-32(35)36)27(50)44-23(15-18(3)4)28(51)42-21(31(54)55-5)9-7-13-40-33(37)38/h17-24,46H,6-16,34H2,1-5H3,(H,41,53)(H,42,51)(H,43,49)(H,44,50)(H,45,52)(H,47,48)(H4,35,36,39)(H4,37,38,40). The molecule has 0 aliphatic heterocycles. The highest BCUT2D eigenvalue weighted by Gasteiger charge is 2.33. The van der Waals surface area contributed by atoms with Gasteiger partial charge in [0, 0.05) is 19.5 Å². The number of aliphatic imine (C=N–C) groups is 2. The second-order valence-corrected chi connectivity index (χ2v) is 13.7. The number of nitrogens with one attached hydrogen (secondary N) is 5. The van der Waals surface area contributed by atoms with Crippen LogP contribution in [0.1, 0.15) is 79.1 Å². The van der Waals surface area contributed by atoms with E-state index in [1.807, 2.05) is 0 Å². The van der Waals surface area contributed by atoms with E-state index in [1.165, 1.54) is 0 Å². The lowest BCUT2D eigenvalue weighted by atomic mass is 10.0. The van der Waals surface area contributed by atoms with Crippen LogP contribution >= 0.6 is 0 Å². The number of amides is 5. The quantitative estimate of drug-likeness (QED) is 0.0163. The molecular formula is C33H62N12O10. The maximum atomic E-state index is 13.7. The Labute approximate surface area is 320 Å². The number of carbonyl (C=O) groups excluding carboxylic acids is 6. The zero-order valence-electron chi connectivity index (χ0n) is 32.3. The molecule has 6 unspecified atom stereocenters. The number of aliphatic hydroxyl groups excluding tert-OH is 1. The summed E-state index contributed by atoms with van der Waals surface area (Å²) in [5.41, 5.74) is 27.3. The Morgan fingerprint density at radius 3 is 1.40 bits per heavy atom. The molecule has 0 radical (unpaired) electrons. The van der Waals surface area contributed by atoms with Crippen LogP contribution in [0.3, 0.4) is 0 Å². The van der Waals surface area contributed by atoms with Crippen molar-refractivity contribution < 1.29 is 48.5 Å². The molecule has 22 heteroatoms. The largest absolute Gasteiger partial charge is 0.481 e. The minimum absolute atomic E-state index is 0.0493. The van der Waals surface area contributed by atoms with Crippen LogP contribution in [0.4, 0.5) is 0 Å². The predicted molar refractivity (Wildman–Crippen MR) is 202 cm³/mol. The highest BCUT2D eigenvalue weighted by atomic mass is 16.5. The fourth-order valence-corrected chi connectivity index (χ4v) is 5.05. The molecule has 0 spiro atoms. The van der Waals surface area contributed by atoms with Gasteiger partial charge in [0.05, 0.1) is 19.8 Å². The van der Waals surface area contributed by atoms with E-state index >= 15 is 0 Å². The molecule has 22 nitrogen and oxygen atoms in total. The number of methoxy groups -OCH3 is 1. The fraction of sp³-hybridized carbons (Fsp3) is 0.727. The van der Waals surface area contributed by atoms with Gasteiger partial charge >= 0.3 is 11.9 Å². The first-order chi connectivity index (χ1) is 25.7. The Morgan fingerprint density at radius 1 is 0.600 bits per heavy atom. The molecule has 0 aromatic heterocycles. The van der Waals surface area contributed by atoms with Crippen LogP contribution in [0.25, 0.3) is 0 Å². The topological polar surface area (TPSA) is 384 Å². The molecule has 0 aliphatic carbocycles. The average Bonchev–Trinajstić information content (AvgIpc) is 3.09. The van der Waals surface area contributed by atoms with Crippen molar-refractivity contribution in [3.05, 3.63) is 0 Å². The molecule has 0 aliphatic rings. The first kappa shape index (κ1) is 49.8. The van der Waals surface area contributed by atoms with Crippen molar-refractivity contribution in [1.29, 1.82) is 0 Å². The highest BCUT2D eigenvalue weighted by Crippen LogP contribution is 2.10. The predicted octanol–water partition coefficient (Wildman–Crippen LogP) is -4.03. The molecule has 5 amide bonds. The second kappa shape index (κ2) is 26.5. The molecule has 55 heavy (non-hydrogen) atoms. The number of rotatable bonds is 27. The molecule has 0 aromatic carbocycles. The molecule has 0 fully saturated rings.